The third-order valence-corrected chi connectivity index (χ3v) is 2.38. The zero-order valence-electron chi connectivity index (χ0n) is 8.37. The Morgan fingerprint density at radius 3 is 1.79 bits per heavy atom. The maximum atomic E-state index is 5.73. The van der Waals surface area contributed by atoms with Crippen molar-refractivity contribution < 1.29 is 59.1 Å². The molecule has 0 aliphatic rings. The Morgan fingerprint density at radius 1 is 1.00 bits per heavy atom. The average Bonchev–Trinajstić information content (AvgIpc) is 2.10. The molecule has 1 aromatic rings. The van der Waals surface area contributed by atoms with Crippen LogP contribution < -0.4 is 64.0 Å². The normalized spacial score (nSPS) is 8.50. The summed E-state index contributed by atoms with van der Waals surface area (Å²) in [6.45, 7) is 0. The molecule has 0 aliphatic heterocycles. The van der Waals surface area contributed by atoms with Crippen molar-refractivity contribution in [1.82, 2.24) is 0 Å². The molecule has 0 unspecified atom stereocenters. The van der Waals surface area contributed by atoms with Crippen LogP contribution in [-0.4, -0.2) is 11.8 Å². The largest absolute Gasteiger partial charge is 1.00 e. The maximum absolute atomic E-state index is 5.73. The molecule has 0 saturated heterocycles. The molecule has 0 amide bonds. The third-order valence-electron chi connectivity index (χ3n) is 1.50. The number of nitrogens with zero attached hydrogens (tertiary/aromatic N) is 1. The second kappa shape index (κ2) is 10.2. The van der Waals surface area contributed by atoms with Crippen molar-refractivity contribution in [3.63, 3.8) is 0 Å². The monoisotopic (exact) mass is 263 g/mol. The second-order valence-corrected chi connectivity index (χ2v) is 3.23. The number of anilines is 1. The van der Waals surface area contributed by atoms with E-state index in [4.69, 9.17) is 36.9 Å². The van der Waals surface area contributed by atoms with Crippen LogP contribution in [0.3, 0.4) is 0 Å². The van der Waals surface area contributed by atoms with Gasteiger partial charge in [-0.15, -0.1) is 11.8 Å². The van der Waals surface area contributed by atoms with Gasteiger partial charge in [-0.25, -0.2) is 0 Å². The van der Waals surface area contributed by atoms with Crippen LogP contribution in [0.4, 0.5) is 5.69 Å². The van der Waals surface area contributed by atoms with Crippen molar-refractivity contribution >= 4 is 42.5 Å². The van der Waals surface area contributed by atoms with Gasteiger partial charge in [0.2, 0.25) is 0 Å². The van der Waals surface area contributed by atoms with Crippen molar-refractivity contribution in [3.05, 3.63) is 29.3 Å². The SMILES string of the molecule is [Na+].[Na+].[S-]CN(C[S-])c1ccc(Cl)cc1. The molecule has 1 aromatic carbocycles. The van der Waals surface area contributed by atoms with Gasteiger partial charge in [0, 0.05) is 10.7 Å². The fourth-order valence-electron chi connectivity index (χ4n) is 0.838. The van der Waals surface area contributed by atoms with Crippen molar-refractivity contribution in [1.29, 1.82) is 0 Å². The quantitative estimate of drug-likeness (QED) is 0.406. The van der Waals surface area contributed by atoms with Crippen LogP contribution in [-0.2, 0) is 25.3 Å². The van der Waals surface area contributed by atoms with E-state index in [1.807, 2.05) is 29.2 Å². The summed E-state index contributed by atoms with van der Waals surface area (Å²) in [5, 5.41) is 0.729. The predicted molar refractivity (Wildman–Crippen MR) is 58.4 cm³/mol. The van der Waals surface area contributed by atoms with E-state index in [1.165, 1.54) is 0 Å². The molecule has 0 aliphatic carbocycles. The van der Waals surface area contributed by atoms with E-state index in [9.17, 15) is 0 Å². The Labute approximate surface area is 145 Å². The molecule has 0 fully saturated rings. The molecule has 0 bridgehead atoms. The van der Waals surface area contributed by atoms with E-state index < -0.39 is 0 Å². The minimum absolute atomic E-state index is 0. The van der Waals surface area contributed by atoms with E-state index >= 15 is 0 Å². The van der Waals surface area contributed by atoms with Gasteiger partial charge in [-0.2, -0.15) is 0 Å². The zero-order valence-corrected chi connectivity index (χ0v) is 14.8. The molecule has 0 spiro atoms. The van der Waals surface area contributed by atoms with Gasteiger partial charge in [0.05, 0.1) is 0 Å². The molecule has 0 saturated carbocycles. The van der Waals surface area contributed by atoms with Gasteiger partial charge in [-0.3, -0.25) is 0 Å². The Hall–Kier alpha value is 2.01. The van der Waals surface area contributed by atoms with Crippen molar-refractivity contribution in [2.75, 3.05) is 16.7 Å². The molecule has 6 heteroatoms. The number of hydrogen-bond donors (Lipinski definition) is 0. The topological polar surface area (TPSA) is 3.24 Å². The third kappa shape index (κ3) is 5.92. The molecule has 66 valence electrons. The van der Waals surface area contributed by atoms with Crippen molar-refractivity contribution in [2.24, 2.45) is 0 Å². The van der Waals surface area contributed by atoms with Crippen molar-refractivity contribution in [2.45, 2.75) is 0 Å². The summed E-state index contributed by atoms with van der Waals surface area (Å²) in [6.07, 6.45) is 0. The summed E-state index contributed by atoms with van der Waals surface area (Å²) in [7, 11) is 0. The van der Waals surface area contributed by atoms with E-state index in [0.29, 0.717) is 11.8 Å². The second-order valence-electron chi connectivity index (χ2n) is 2.27. The average molecular weight is 264 g/mol. The van der Waals surface area contributed by atoms with E-state index in [0.717, 1.165) is 10.7 Å². The first-order valence-corrected chi connectivity index (χ1v) is 4.98. The molecule has 0 heterocycles. The van der Waals surface area contributed by atoms with Crippen LogP contribution in [0.2, 0.25) is 5.02 Å². The van der Waals surface area contributed by atoms with Gasteiger partial charge < -0.3 is 30.2 Å². The Morgan fingerprint density at radius 2 is 1.43 bits per heavy atom. The number of hydrogen-bond acceptors (Lipinski definition) is 3. The van der Waals surface area contributed by atoms with E-state index in [-0.39, 0.29) is 59.1 Å². The van der Waals surface area contributed by atoms with Gasteiger partial charge >= 0.3 is 59.1 Å². The molecule has 14 heavy (non-hydrogen) atoms. The summed E-state index contributed by atoms with van der Waals surface area (Å²) in [5.74, 6) is 1.04. The van der Waals surface area contributed by atoms with Gasteiger partial charge in [0.25, 0.3) is 0 Å². The molecule has 1 rings (SSSR count). The number of benzene rings is 1. The Bertz CT molecular complexity index is 242. The fraction of sp³-hybridized carbons (Fsp3) is 0.250. The van der Waals surface area contributed by atoms with Gasteiger partial charge in [-0.05, 0) is 24.3 Å². The standard InChI is InChI=1S/C8H10ClNS2.2Na/c9-7-1-3-8(4-2-7)10(5-11)6-12;;/h1-4,11-12H,5-6H2;;/q;2*+1/p-2. The summed E-state index contributed by atoms with van der Waals surface area (Å²) < 4.78 is 0. The first-order chi connectivity index (χ1) is 5.77. The van der Waals surface area contributed by atoms with Crippen LogP contribution in [0.15, 0.2) is 24.3 Å². The maximum Gasteiger partial charge on any atom is 1.00 e. The minimum atomic E-state index is 0. The van der Waals surface area contributed by atoms with Gasteiger partial charge in [0.15, 0.2) is 0 Å². The van der Waals surface area contributed by atoms with E-state index in [2.05, 4.69) is 0 Å². The van der Waals surface area contributed by atoms with Crippen LogP contribution in [0.5, 0.6) is 0 Å². The van der Waals surface area contributed by atoms with Crippen LogP contribution in [0.1, 0.15) is 0 Å². The molecule has 0 aromatic heterocycles. The molecular weight excluding hydrogens is 256 g/mol. The van der Waals surface area contributed by atoms with Crippen LogP contribution in [0.25, 0.3) is 0 Å². The fourth-order valence-corrected chi connectivity index (χ4v) is 1.56. The van der Waals surface area contributed by atoms with Gasteiger partial charge in [-0.1, -0.05) is 11.6 Å². The molecule has 0 atom stereocenters. The first-order valence-electron chi connectivity index (χ1n) is 3.44. The van der Waals surface area contributed by atoms with Crippen LogP contribution >= 0.6 is 11.6 Å². The zero-order chi connectivity index (χ0) is 8.97. The number of halogens is 1. The van der Waals surface area contributed by atoms with Crippen molar-refractivity contribution in [3.8, 4) is 0 Å². The molecular formula is C8H8ClNNa2S2. The minimum Gasteiger partial charge on any atom is -0.772 e. The molecule has 1 nitrogen and oxygen atoms in total. The summed E-state index contributed by atoms with van der Waals surface area (Å²) in [5.41, 5.74) is 1.03. The Balaban J connectivity index is 0. The summed E-state index contributed by atoms with van der Waals surface area (Å²) in [4.78, 5) is 1.92. The summed E-state index contributed by atoms with van der Waals surface area (Å²) >= 11 is 15.6. The van der Waals surface area contributed by atoms with E-state index in [1.54, 1.807) is 0 Å². The Kier molecular flexibility index (Phi) is 13.4. The first kappa shape index (κ1) is 18.4. The van der Waals surface area contributed by atoms with Gasteiger partial charge in [0.1, 0.15) is 0 Å². The summed E-state index contributed by atoms with van der Waals surface area (Å²) in [6, 6.07) is 7.50. The number of rotatable bonds is 3. The predicted octanol–water partition coefficient (Wildman–Crippen LogP) is -3.84. The molecule has 0 radical (unpaired) electrons. The smallest absolute Gasteiger partial charge is 0.772 e. The van der Waals surface area contributed by atoms with Crippen LogP contribution in [0, 0.1) is 0 Å². The molecule has 0 N–H and O–H groups in total.